The van der Waals surface area contributed by atoms with Gasteiger partial charge in [-0.3, -0.25) is 0 Å². The first-order valence-corrected chi connectivity index (χ1v) is 3.96. The summed E-state index contributed by atoms with van der Waals surface area (Å²) in [5, 5.41) is 8.96. The molecular weight excluding hydrogens is 124 g/mol. The smallest absolute Gasteiger partial charge is 0.0499 e. The lowest BCUT2D eigenvalue weighted by molar-refractivity contribution is 0.222. The molecule has 0 aromatic carbocycles. The summed E-state index contributed by atoms with van der Waals surface area (Å²) in [7, 11) is 0. The van der Waals surface area contributed by atoms with Crippen molar-refractivity contribution < 1.29 is 5.11 Å². The Morgan fingerprint density at radius 3 is 2.40 bits per heavy atom. The minimum atomic E-state index is 0.282. The van der Waals surface area contributed by atoms with Crippen LogP contribution < -0.4 is 0 Å². The number of aliphatic hydroxyl groups excluding tert-OH is 1. The maximum atomic E-state index is 8.96. The third-order valence-corrected chi connectivity index (χ3v) is 2.72. The SMILES string of the molecule is C=C1[C@@H](C)C[C@H](C)[C@H]1CO. The molecule has 10 heavy (non-hydrogen) atoms. The lowest BCUT2D eigenvalue weighted by atomic mass is 9.96. The average molecular weight is 140 g/mol. The molecule has 0 bridgehead atoms. The third kappa shape index (κ3) is 1.10. The van der Waals surface area contributed by atoms with Gasteiger partial charge in [0.2, 0.25) is 0 Å². The fourth-order valence-corrected chi connectivity index (χ4v) is 1.90. The van der Waals surface area contributed by atoms with Gasteiger partial charge >= 0.3 is 0 Å². The molecule has 1 aliphatic rings. The van der Waals surface area contributed by atoms with E-state index in [1.807, 2.05) is 0 Å². The number of hydrogen-bond acceptors (Lipinski definition) is 1. The average Bonchev–Trinajstić information content (AvgIpc) is 2.09. The Balaban J connectivity index is 2.64. The van der Waals surface area contributed by atoms with Gasteiger partial charge in [-0.05, 0) is 18.3 Å². The van der Waals surface area contributed by atoms with Crippen molar-refractivity contribution in [2.24, 2.45) is 17.8 Å². The second-order valence-electron chi connectivity index (χ2n) is 3.48. The van der Waals surface area contributed by atoms with E-state index in [1.54, 1.807) is 0 Å². The van der Waals surface area contributed by atoms with Gasteiger partial charge < -0.3 is 5.11 Å². The van der Waals surface area contributed by atoms with Crippen LogP contribution in [0.25, 0.3) is 0 Å². The predicted octanol–water partition coefficient (Wildman–Crippen LogP) is 1.83. The van der Waals surface area contributed by atoms with E-state index in [0.29, 0.717) is 17.8 Å². The summed E-state index contributed by atoms with van der Waals surface area (Å²) < 4.78 is 0. The molecule has 0 spiro atoms. The van der Waals surface area contributed by atoms with E-state index in [4.69, 9.17) is 5.11 Å². The van der Waals surface area contributed by atoms with E-state index >= 15 is 0 Å². The van der Waals surface area contributed by atoms with Gasteiger partial charge in [-0.25, -0.2) is 0 Å². The highest BCUT2D eigenvalue weighted by atomic mass is 16.3. The van der Waals surface area contributed by atoms with Crippen LogP contribution in [-0.2, 0) is 0 Å². The third-order valence-electron chi connectivity index (χ3n) is 2.72. The summed E-state index contributed by atoms with van der Waals surface area (Å²) in [6, 6.07) is 0. The zero-order valence-electron chi connectivity index (χ0n) is 6.80. The Morgan fingerprint density at radius 1 is 1.60 bits per heavy atom. The molecule has 1 rings (SSSR count). The molecule has 0 saturated heterocycles. The van der Waals surface area contributed by atoms with Crippen molar-refractivity contribution in [2.45, 2.75) is 20.3 Å². The molecule has 0 amide bonds. The van der Waals surface area contributed by atoms with Crippen molar-refractivity contribution in [3.63, 3.8) is 0 Å². The fourth-order valence-electron chi connectivity index (χ4n) is 1.90. The lowest BCUT2D eigenvalue weighted by Crippen LogP contribution is -2.10. The van der Waals surface area contributed by atoms with Crippen molar-refractivity contribution in [2.75, 3.05) is 6.61 Å². The number of rotatable bonds is 1. The molecule has 1 saturated carbocycles. The predicted molar refractivity (Wildman–Crippen MR) is 42.7 cm³/mol. The number of hydrogen-bond donors (Lipinski definition) is 1. The van der Waals surface area contributed by atoms with E-state index in [-0.39, 0.29) is 6.61 Å². The first-order chi connectivity index (χ1) is 4.66. The quantitative estimate of drug-likeness (QED) is 0.551. The van der Waals surface area contributed by atoms with Crippen molar-refractivity contribution in [1.82, 2.24) is 0 Å². The summed E-state index contributed by atoms with van der Waals surface area (Å²) in [6.45, 7) is 8.64. The van der Waals surface area contributed by atoms with Crippen LogP contribution >= 0.6 is 0 Å². The molecule has 1 nitrogen and oxygen atoms in total. The van der Waals surface area contributed by atoms with Gasteiger partial charge in [0.05, 0.1) is 0 Å². The van der Waals surface area contributed by atoms with Crippen LogP contribution in [-0.4, -0.2) is 11.7 Å². The minimum absolute atomic E-state index is 0.282. The molecule has 58 valence electrons. The van der Waals surface area contributed by atoms with Gasteiger partial charge in [-0.2, -0.15) is 0 Å². The minimum Gasteiger partial charge on any atom is -0.396 e. The highest BCUT2D eigenvalue weighted by Crippen LogP contribution is 2.38. The molecule has 0 radical (unpaired) electrons. The van der Waals surface area contributed by atoms with Crippen LogP contribution in [0, 0.1) is 17.8 Å². The zero-order valence-corrected chi connectivity index (χ0v) is 6.80. The van der Waals surface area contributed by atoms with E-state index < -0.39 is 0 Å². The van der Waals surface area contributed by atoms with E-state index in [0.717, 1.165) is 0 Å². The summed E-state index contributed by atoms with van der Waals surface area (Å²) in [5.74, 6) is 1.62. The second kappa shape index (κ2) is 2.75. The Hall–Kier alpha value is -0.300. The summed E-state index contributed by atoms with van der Waals surface area (Å²) in [6.07, 6.45) is 1.20. The van der Waals surface area contributed by atoms with Crippen LogP contribution in [0.5, 0.6) is 0 Å². The highest BCUT2D eigenvalue weighted by Gasteiger charge is 2.31. The second-order valence-corrected chi connectivity index (χ2v) is 3.48. The van der Waals surface area contributed by atoms with E-state index in [2.05, 4.69) is 20.4 Å². The van der Waals surface area contributed by atoms with Crippen LogP contribution in [0.1, 0.15) is 20.3 Å². The van der Waals surface area contributed by atoms with Gasteiger partial charge in [0.25, 0.3) is 0 Å². The number of aliphatic hydroxyl groups is 1. The van der Waals surface area contributed by atoms with Gasteiger partial charge in [0.1, 0.15) is 0 Å². The molecule has 0 aromatic rings. The van der Waals surface area contributed by atoms with Gasteiger partial charge in [-0.15, -0.1) is 0 Å². The van der Waals surface area contributed by atoms with Crippen molar-refractivity contribution >= 4 is 0 Å². The Morgan fingerprint density at radius 2 is 2.20 bits per heavy atom. The zero-order chi connectivity index (χ0) is 7.72. The van der Waals surface area contributed by atoms with E-state index in [1.165, 1.54) is 12.0 Å². The molecule has 0 unspecified atom stereocenters. The molecular formula is C9H16O. The van der Waals surface area contributed by atoms with Crippen LogP contribution in [0.4, 0.5) is 0 Å². The molecule has 1 aliphatic carbocycles. The summed E-state index contributed by atoms with van der Waals surface area (Å²) >= 11 is 0. The van der Waals surface area contributed by atoms with Gasteiger partial charge in [0.15, 0.2) is 0 Å². The maximum absolute atomic E-state index is 8.96. The molecule has 0 aliphatic heterocycles. The fraction of sp³-hybridized carbons (Fsp3) is 0.778. The Labute approximate surface area is 62.8 Å². The standard InChI is InChI=1S/C9H16O/c1-6-4-7(2)9(5-10)8(6)3/h6-7,9-10H,3-5H2,1-2H3/t6-,7-,9+/m0/s1. The maximum Gasteiger partial charge on any atom is 0.0499 e. The molecule has 1 fully saturated rings. The molecule has 1 heteroatoms. The monoisotopic (exact) mass is 140 g/mol. The van der Waals surface area contributed by atoms with Gasteiger partial charge in [-0.1, -0.05) is 26.0 Å². The molecule has 3 atom stereocenters. The van der Waals surface area contributed by atoms with Crippen molar-refractivity contribution in [1.29, 1.82) is 0 Å². The van der Waals surface area contributed by atoms with Crippen LogP contribution in [0.15, 0.2) is 12.2 Å². The normalized spacial score (nSPS) is 40.7. The largest absolute Gasteiger partial charge is 0.396 e. The highest BCUT2D eigenvalue weighted by molar-refractivity contribution is 5.12. The topological polar surface area (TPSA) is 20.2 Å². The van der Waals surface area contributed by atoms with Crippen molar-refractivity contribution in [3.05, 3.63) is 12.2 Å². The van der Waals surface area contributed by atoms with E-state index in [9.17, 15) is 0 Å². The summed E-state index contributed by atoms with van der Waals surface area (Å²) in [5.41, 5.74) is 1.25. The van der Waals surface area contributed by atoms with Crippen LogP contribution in [0.2, 0.25) is 0 Å². The first-order valence-electron chi connectivity index (χ1n) is 3.96. The molecule has 0 heterocycles. The lowest BCUT2D eigenvalue weighted by Gasteiger charge is -2.12. The van der Waals surface area contributed by atoms with Gasteiger partial charge in [0, 0.05) is 12.5 Å². The van der Waals surface area contributed by atoms with Crippen molar-refractivity contribution in [3.8, 4) is 0 Å². The molecule has 0 aromatic heterocycles. The molecule has 1 N–H and O–H groups in total. The van der Waals surface area contributed by atoms with Crippen LogP contribution in [0.3, 0.4) is 0 Å². The Bertz CT molecular complexity index is 140. The summed E-state index contributed by atoms with van der Waals surface area (Å²) in [4.78, 5) is 0. The first kappa shape index (κ1) is 7.80. The Kier molecular flexibility index (Phi) is 2.14.